The molecule has 2 aliphatic rings. The molecule has 11 heteroatoms. The van der Waals surface area contributed by atoms with Crippen LogP contribution in [0.2, 0.25) is 0 Å². The number of benzene rings is 1. The maximum atomic E-state index is 12.9. The number of esters is 1. The molecule has 1 unspecified atom stereocenters. The number of amides is 2. The molecule has 1 atom stereocenters. The Morgan fingerprint density at radius 2 is 1.75 bits per heavy atom. The van der Waals surface area contributed by atoms with E-state index in [9.17, 15) is 19.2 Å². The summed E-state index contributed by atoms with van der Waals surface area (Å²) >= 11 is 2.84. The number of thiazole rings is 1. The smallest absolute Gasteiger partial charge is 0.339 e. The average Bonchev–Trinajstić information content (AvgIpc) is 3.61. The van der Waals surface area contributed by atoms with Crippen molar-refractivity contribution >= 4 is 46.7 Å². The molecule has 4 rings (SSSR count). The summed E-state index contributed by atoms with van der Waals surface area (Å²) < 4.78 is 9.92. The van der Waals surface area contributed by atoms with Crippen LogP contribution in [-0.2, 0) is 14.3 Å². The Morgan fingerprint density at radius 3 is 2.42 bits per heavy atom. The number of aromatic nitrogens is 1. The summed E-state index contributed by atoms with van der Waals surface area (Å²) in [5.41, 5.74) is 0.920. The minimum absolute atomic E-state index is 0.0225. The molecule has 2 aliphatic heterocycles. The molecule has 192 valence electrons. The van der Waals surface area contributed by atoms with Crippen LogP contribution in [0.3, 0.4) is 0 Å². The second-order valence-corrected chi connectivity index (χ2v) is 10.7. The first kappa shape index (κ1) is 26.2. The summed E-state index contributed by atoms with van der Waals surface area (Å²) in [7, 11) is 2.89. The third-order valence-electron chi connectivity index (χ3n) is 6.47. The van der Waals surface area contributed by atoms with Crippen molar-refractivity contribution in [3.63, 3.8) is 0 Å². The van der Waals surface area contributed by atoms with Gasteiger partial charge in [0, 0.05) is 55.1 Å². The number of ketones is 1. The Balaban J connectivity index is 1.26. The highest BCUT2D eigenvalue weighted by atomic mass is 32.2. The zero-order valence-corrected chi connectivity index (χ0v) is 21.9. The highest BCUT2D eigenvalue weighted by Crippen LogP contribution is 2.32. The third kappa shape index (κ3) is 5.89. The van der Waals surface area contributed by atoms with Crippen LogP contribution in [0.15, 0.2) is 29.6 Å². The van der Waals surface area contributed by atoms with E-state index in [4.69, 9.17) is 9.47 Å². The molecule has 0 radical (unpaired) electrons. The lowest BCUT2D eigenvalue weighted by molar-refractivity contribution is -0.142. The van der Waals surface area contributed by atoms with E-state index in [-0.39, 0.29) is 36.4 Å². The fourth-order valence-corrected chi connectivity index (χ4v) is 6.47. The highest BCUT2D eigenvalue weighted by Gasteiger charge is 2.37. The van der Waals surface area contributed by atoms with Crippen LogP contribution in [0, 0.1) is 0 Å². The molecular formula is C25H29N3O6S2. The predicted octanol–water partition coefficient (Wildman–Crippen LogP) is 3.21. The number of rotatable bonds is 8. The number of Topliss-reactive ketones (excluding diaryl/α,β-unsaturated/α-hetero) is 1. The summed E-state index contributed by atoms with van der Waals surface area (Å²) in [6.45, 7) is 1.67. The first-order valence-electron chi connectivity index (χ1n) is 11.8. The molecule has 2 saturated heterocycles. The van der Waals surface area contributed by atoms with E-state index >= 15 is 0 Å². The zero-order valence-electron chi connectivity index (χ0n) is 20.3. The Morgan fingerprint density at radius 1 is 1.03 bits per heavy atom. The summed E-state index contributed by atoms with van der Waals surface area (Å²) in [4.78, 5) is 57.9. The van der Waals surface area contributed by atoms with Gasteiger partial charge in [0.2, 0.25) is 5.91 Å². The fraction of sp³-hybridized carbons (Fsp3) is 0.480. The Labute approximate surface area is 218 Å². The third-order valence-corrected chi connectivity index (χ3v) is 8.66. The molecule has 2 aromatic rings. The monoisotopic (exact) mass is 531 g/mol. The molecular weight excluding hydrogens is 502 g/mol. The molecule has 36 heavy (non-hydrogen) atoms. The number of nitrogens with zero attached hydrogens (tertiary/aromatic N) is 3. The number of hydrogen-bond acceptors (Lipinski definition) is 9. The normalized spacial score (nSPS) is 18.2. The fourth-order valence-electron chi connectivity index (χ4n) is 4.37. The lowest BCUT2D eigenvalue weighted by atomic mass is 9.97. The van der Waals surface area contributed by atoms with Crippen molar-refractivity contribution in [2.24, 2.45) is 0 Å². The van der Waals surface area contributed by atoms with Crippen molar-refractivity contribution in [1.29, 1.82) is 0 Å². The van der Waals surface area contributed by atoms with Crippen molar-refractivity contribution in [3.8, 4) is 5.75 Å². The Kier molecular flexibility index (Phi) is 8.63. The van der Waals surface area contributed by atoms with Gasteiger partial charge in [-0.05, 0) is 37.1 Å². The molecule has 2 fully saturated rings. The van der Waals surface area contributed by atoms with E-state index in [0.717, 1.165) is 17.8 Å². The van der Waals surface area contributed by atoms with Gasteiger partial charge in [0.15, 0.2) is 11.2 Å². The van der Waals surface area contributed by atoms with Crippen molar-refractivity contribution < 1.29 is 28.7 Å². The van der Waals surface area contributed by atoms with Crippen LogP contribution in [0.5, 0.6) is 5.75 Å². The van der Waals surface area contributed by atoms with Crippen LogP contribution in [0.4, 0.5) is 0 Å². The number of methoxy groups -OCH3 is 2. The first-order valence-corrected chi connectivity index (χ1v) is 13.7. The summed E-state index contributed by atoms with van der Waals surface area (Å²) in [6, 6.07) is 6.89. The molecule has 0 N–H and O–H groups in total. The number of carbonyl (C=O) groups is 4. The average molecular weight is 532 g/mol. The van der Waals surface area contributed by atoms with Gasteiger partial charge >= 0.3 is 5.97 Å². The van der Waals surface area contributed by atoms with Gasteiger partial charge < -0.3 is 19.3 Å². The number of hydrogen-bond donors (Lipinski definition) is 0. The lowest BCUT2D eigenvalue weighted by Gasteiger charge is -2.31. The zero-order chi connectivity index (χ0) is 25.7. The molecule has 3 heterocycles. The molecule has 1 aromatic carbocycles. The van der Waals surface area contributed by atoms with Crippen LogP contribution in [0.1, 0.15) is 57.5 Å². The molecule has 1 aromatic heterocycles. The van der Waals surface area contributed by atoms with Gasteiger partial charge in [-0.15, -0.1) is 23.1 Å². The first-order chi connectivity index (χ1) is 17.4. The molecule has 0 aliphatic carbocycles. The number of ether oxygens (including phenoxy) is 2. The summed E-state index contributed by atoms with van der Waals surface area (Å²) in [5, 5.41) is 2.00. The molecule has 0 bridgehead atoms. The van der Waals surface area contributed by atoms with Gasteiger partial charge in [0.05, 0.1) is 19.2 Å². The number of carbonyl (C=O) groups excluding carboxylic acids is 4. The number of piperidine rings is 1. The van der Waals surface area contributed by atoms with E-state index in [1.54, 1.807) is 41.7 Å². The molecule has 0 saturated carbocycles. The second kappa shape index (κ2) is 11.9. The van der Waals surface area contributed by atoms with Gasteiger partial charge in [-0.1, -0.05) is 0 Å². The van der Waals surface area contributed by atoms with Gasteiger partial charge in [0.1, 0.15) is 11.4 Å². The van der Waals surface area contributed by atoms with Crippen molar-refractivity contribution in [3.05, 3.63) is 45.9 Å². The maximum absolute atomic E-state index is 12.9. The Hall–Kier alpha value is -2.92. The minimum Gasteiger partial charge on any atom is -0.497 e. The molecule has 0 spiro atoms. The topological polar surface area (TPSA) is 106 Å². The van der Waals surface area contributed by atoms with Crippen molar-refractivity contribution in [1.82, 2.24) is 14.8 Å². The highest BCUT2D eigenvalue weighted by molar-refractivity contribution is 8.00. The van der Waals surface area contributed by atoms with E-state index in [2.05, 4.69) is 4.98 Å². The van der Waals surface area contributed by atoms with E-state index in [0.29, 0.717) is 42.4 Å². The molecule has 9 nitrogen and oxygen atoms in total. The van der Waals surface area contributed by atoms with Crippen molar-refractivity contribution in [2.75, 3.05) is 39.6 Å². The quantitative estimate of drug-likeness (QED) is 0.378. The predicted molar refractivity (Wildman–Crippen MR) is 137 cm³/mol. The maximum Gasteiger partial charge on any atom is 0.339 e. The van der Waals surface area contributed by atoms with Gasteiger partial charge in [-0.25, -0.2) is 9.78 Å². The van der Waals surface area contributed by atoms with E-state index in [1.807, 2.05) is 0 Å². The summed E-state index contributed by atoms with van der Waals surface area (Å²) in [5.74, 6) is 0.766. The standard InChI is InChI=1S/C25H29N3O6S2/c1-33-18-5-3-16(4-6-18)20(29)7-8-21(30)27-11-9-17(10-12-27)22-26-19(15-36-22)23(31)28-13-14-35-24(28)25(32)34-2/h3-6,15,17,24H,7-14H2,1-2H3. The largest absolute Gasteiger partial charge is 0.497 e. The van der Waals surface area contributed by atoms with E-state index < -0.39 is 11.3 Å². The van der Waals surface area contributed by atoms with Crippen LogP contribution in [0.25, 0.3) is 0 Å². The van der Waals surface area contributed by atoms with Crippen molar-refractivity contribution in [2.45, 2.75) is 37.0 Å². The number of likely N-dealkylation sites (tertiary alicyclic amines) is 1. The van der Waals surface area contributed by atoms with Gasteiger partial charge in [-0.2, -0.15) is 0 Å². The van der Waals surface area contributed by atoms with E-state index in [1.165, 1.54) is 35.1 Å². The lowest BCUT2D eigenvalue weighted by Crippen LogP contribution is -2.40. The minimum atomic E-state index is -0.626. The van der Waals surface area contributed by atoms with Crippen LogP contribution in [-0.4, -0.2) is 83.3 Å². The van der Waals surface area contributed by atoms with Crippen LogP contribution < -0.4 is 4.74 Å². The number of thioether (sulfide) groups is 1. The SMILES string of the molecule is COC(=O)C1SCCN1C(=O)c1csc(C2CCN(C(=O)CCC(=O)c3ccc(OC)cc3)CC2)n1. The Bertz CT molecular complexity index is 1110. The van der Waals surface area contributed by atoms with Gasteiger partial charge in [-0.3, -0.25) is 14.4 Å². The molecule has 2 amide bonds. The van der Waals surface area contributed by atoms with Gasteiger partial charge in [0.25, 0.3) is 5.91 Å². The second-order valence-electron chi connectivity index (χ2n) is 8.62. The summed E-state index contributed by atoms with van der Waals surface area (Å²) in [6.07, 6.45) is 1.86. The van der Waals surface area contributed by atoms with Crippen LogP contribution >= 0.6 is 23.1 Å².